The van der Waals surface area contributed by atoms with E-state index in [1.54, 1.807) is 0 Å². The zero-order chi connectivity index (χ0) is 13.6. The molecular weight excluding hydrogens is 236 g/mol. The molecule has 0 spiro atoms. The van der Waals surface area contributed by atoms with Gasteiger partial charge in [0.2, 0.25) is 5.91 Å². The number of hydrogen-bond donors (Lipinski definition) is 2. The number of nitrogens with one attached hydrogen (secondary N) is 1. The molecule has 3 N–H and O–H groups in total. The fourth-order valence-corrected chi connectivity index (χ4v) is 2.52. The summed E-state index contributed by atoms with van der Waals surface area (Å²) in [6, 6.07) is 10.1. The highest BCUT2D eigenvalue weighted by atomic mass is 16.2. The maximum absolute atomic E-state index is 12.3. The number of amides is 1. The van der Waals surface area contributed by atoms with Crippen molar-refractivity contribution in [3.05, 3.63) is 35.9 Å². The Morgan fingerprint density at radius 3 is 2.42 bits per heavy atom. The molecule has 104 valence electrons. The molecule has 3 heteroatoms. The summed E-state index contributed by atoms with van der Waals surface area (Å²) in [7, 11) is 0. The summed E-state index contributed by atoms with van der Waals surface area (Å²) in [6.07, 6.45) is 6.41. The zero-order valence-electron chi connectivity index (χ0n) is 11.5. The van der Waals surface area contributed by atoms with Crippen LogP contribution in [-0.4, -0.2) is 19.0 Å². The Kier molecular flexibility index (Phi) is 4.97. The third-order valence-corrected chi connectivity index (χ3v) is 3.93. The normalized spacial score (nSPS) is 16.1. The van der Waals surface area contributed by atoms with Crippen LogP contribution in [-0.2, 0) is 10.2 Å². The third-order valence-electron chi connectivity index (χ3n) is 3.93. The number of unbranched alkanes of at least 4 members (excludes halogenated alkanes) is 3. The van der Waals surface area contributed by atoms with Crippen LogP contribution in [0.1, 0.15) is 44.1 Å². The molecule has 0 saturated heterocycles. The van der Waals surface area contributed by atoms with E-state index in [0.29, 0.717) is 0 Å². The number of benzene rings is 1. The van der Waals surface area contributed by atoms with E-state index in [1.165, 1.54) is 0 Å². The molecule has 0 radical (unpaired) electrons. The molecule has 0 aliphatic heterocycles. The average molecular weight is 260 g/mol. The molecule has 19 heavy (non-hydrogen) atoms. The van der Waals surface area contributed by atoms with Crippen LogP contribution in [0.25, 0.3) is 0 Å². The van der Waals surface area contributed by atoms with E-state index in [1.807, 2.05) is 18.2 Å². The molecule has 1 amide bonds. The minimum Gasteiger partial charge on any atom is -0.355 e. The van der Waals surface area contributed by atoms with Crippen molar-refractivity contribution >= 4 is 5.91 Å². The number of carbonyl (C=O) groups excluding carboxylic acids is 1. The van der Waals surface area contributed by atoms with Crippen molar-refractivity contribution in [3.8, 4) is 0 Å². The van der Waals surface area contributed by atoms with Gasteiger partial charge in [0.25, 0.3) is 0 Å². The topological polar surface area (TPSA) is 55.1 Å². The van der Waals surface area contributed by atoms with E-state index < -0.39 is 0 Å². The van der Waals surface area contributed by atoms with Crippen molar-refractivity contribution < 1.29 is 4.79 Å². The van der Waals surface area contributed by atoms with Crippen LogP contribution in [0.3, 0.4) is 0 Å². The first-order valence-electron chi connectivity index (χ1n) is 7.33. The van der Waals surface area contributed by atoms with Crippen LogP contribution >= 0.6 is 0 Å². The van der Waals surface area contributed by atoms with Crippen LogP contribution in [0.5, 0.6) is 0 Å². The van der Waals surface area contributed by atoms with E-state index >= 15 is 0 Å². The number of nitrogens with two attached hydrogens (primary N) is 1. The van der Waals surface area contributed by atoms with Crippen molar-refractivity contribution in [2.24, 2.45) is 5.73 Å². The Morgan fingerprint density at radius 2 is 1.79 bits per heavy atom. The Labute approximate surface area is 115 Å². The highest BCUT2D eigenvalue weighted by molar-refractivity contribution is 5.91. The fourth-order valence-electron chi connectivity index (χ4n) is 2.52. The summed E-state index contributed by atoms with van der Waals surface area (Å²) in [5.74, 6) is 0.206. The van der Waals surface area contributed by atoms with Crippen LogP contribution in [0.4, 0.5) is 0 Å². The molecule has 1 saturated carbocycles. The molecular formula is C16H24N2O. The smallest absolute Gasteiger partial charge is 0.230 e. The number of carbonyl (C=O) groups is 1. The van der Waals surface area contributed by atoms with E-state index in [-0.39, 0.29) is 11.3 Å². The van der Waals surface area contributed by atoms with Gasteiger partial charge in [-0.25, -0.2) is 0 Å². The van der Waals surface area contributed by atoms with Crippen LogP contribution in [0.2, 0.25) is 0 Å². The van der Waals surface area contributed by atoms with Gasteiger partial charge in [0.1, 0.15) is 0 Å². The summed E-state index contributed by atoms with van der Waals surface area (Å²) in [5.41, 5.74) is 6.39. The molecule has 1 aliphatic rings. The first-order valence-corrected chi connectivity index (χ1v) is 7.33. The summed E-state index contributed by atoms with van der Waals surface area (Å²) in [6.45, 7) is 1.56. The van der Waals surface area contributed by atoms with Gasteiger partial charge < -0.3 is 11.1 Å². The minimum atomic E-state index is -0.224. The lowest BCUT2D eigenvalue weighted by Crippen LogP contribution is -2.35. The Balaban J connectivity index is 1.75. The minimum absolute atomic E-state index is 0.206. The molecule has 3 nitrogen and oxygen atoms in total. The molecule has 0 bridgehead atoms. The Hall–Kier alpha value is -1.35. The van der Waals surface area contributed by atoms with Gasteiger partial charge >= 0.3 is 0 Å². The van der Waals surface area contributed by atoms with Gasteiger partial charge in [-0.2, -0.15) is 0 Å². The van der Waals surface area contributed by atoms with Gasteiger partial charge in [0, 0.05) is 6.54 Å². The highest BCUT2D eigenvalue weighted by Crippen LogP contribution is 2.48. The van der Waals surface area contributed by atoms with E-state index in [4.69, 9.17) is 5.73 Å². The third kappa shape index (κ3) is 3.57. The molecule has 1 aliphatic carbocycles. The van der Waals surface area contributed by atoms with E-state index in [9.17, 15) is 4.79 Å². The maximum Gasteiger partial charge on any atom is 0.230 e. The van der Waals surface area contributed by atoms with Gasteiger partial charge in [-0.15, -0.1) is 0 Å². The molecule has 1 aromatic rings. The summed E-state index contributed by atoms with van der Waals surface area (Å²) >= 11 is 0. The van der Waals surface area contributed by atoms with Gasteiger partial charge in [0.05, 0.1) is 5.41 Å². The lowest BCUT2D eigenvalue weighted by atomic mass is 9.95. The molecule has 1 fully saturated rings. The van der Waals surface area contributed by atoms with Crippen LogP contribution < -0.4 is 11.1 Å². The highest BCUT2D eigenvalue weighted by Gasteiger charge is 2.50. The van der Waals surface area contributed by atoms with Crippen molar-refractivity contribution in [2.75, 3.05) is 13.1 Å². The predicted molar refractivity (Wildman–Crippen MR) is 77.9 cm³/mol. The second-order valence-electron chi connectivity index (χ2n) is 5.41. The zero-order valence-corrected chi connectivity index (χ0v) is 11.5. The molecule has 0 unspecified atom stereocenters. The Bertz CT molecular complexity index is 398. The fraction of sp³-hybridized carbons (Fsp3) is 0.562. The SMILES string of the molecule is NCCCCCCNC(=O)C1(c2ccccc2)CC1. The van der Waals surface area contributed by atoms with Crippen molar-refractivity contribution in [1.82, 2.24) is 5.32 Å². The van der Waals surface area contributed by atoms with E-state index in [0.717, 1.165) is 57.2 Å². The van der Waals surface area contributed by atoms with Crippen LogP contribution in [0, 0.1) is 0 Å². The lowest BCUT2D eigenvalue weighted by molar-refractivity contribution is -0.123. The first kappa shape index (κ1) is 14.1. The quantitative estimate of drug-likeness (QED) is 0.705. The van der Waals surface area contributed by atoms with Crippen molar-refractivity contribution in [2.45, 2.75) is 43.9 Å². The van der Waals surface area contributed by atoms with Crippen molar-refractivity contribution in [3.63, 3.8) is 0 Å². The maximum atomic E-state index is 12.3. The first-order chi connectivity index (χ1) is 9.29. The molecule has 0 atom stereocenters. The van der Waals surface area contributed by atoms with Gasteiger partial charge in [-0.05, 0) is 37.8 Å². The molecule has 0 heterocycles. The second kappa shape index (κ2) is 6.71. The van der Waals surface area contributed by atoms with Crippen LogP contribution in [0.15, 0.2) is 30.3 Å². The summed E-state index contributed by atoms with van der Waals surface area (Å²) < 4.78 is 0. The van der Waals surface area contributed by atoms with Gasteiger partial charge in [-0.1, -0.05) is 43.2 Å². The molecule has 0 aromatic heterocycles. The standard InChI is InChI=1S/C16H24N2O/c17-12-6-1-2-7-13-18-15(19)16(10-11-16)14-8-4-3-5-9-14/h3-5,8-9H,1-2,6-7,10-13,17H2,(H,18,19). The summed E-state index contributed by atoms with van der Waals surface area (Å²) in [5, 5.41) is 3.09. The lowest BCUT2D eigenvalue weighted by Gasteiger charge is -2.15. The predicted octanol–water partition coefficient (Wildman–Crippen LogP) is 2.35. The van der Waals surface area contributed by atoms with Gasteiger partial charge in [0.15, 0.2) is 0 Å². The Morgan fingerprint density at radius 1 is 1.11 bits per heavy atom. The van der Waals surface area contributed by atoms with Crippen molar-refractivity contribution in [1.29, 1.82) is 0 Å². The summed E-state index contributed by atoms with van der Waals surface area (Å²) in [4.78, 5) is 12.3. The second-order valence-corrected chi connectivity index (χ2v) is 5.41. The largest absolute Gasteiger partial charge is 0.355 e. The molecule has 1 aromatic carbocycles. The van der Waals surface area contributed by atoms with Gasteiger partial charge in [-0.3, -0.25) is 4.79 Å². The number of rotatable bonds is 8. The number of hydrogen-bond acceptors (Lipinski definition) is 2. The van der Waals surface area contributed by atoms with E-state index in [2.05, 4.69) is 17.4 Å². The molecule has 2 rings (SSSR count). The average Bonchev–Trinajstić information content (AvgIpc) is 3.25. The monoisotopic (exact) mass is 260 g/mol.